The second-order valence-electron chi connectivity index (χ2n) is 4.82. The molecule has 0 aliphatic heterocycles. The van der Waals surface area contributed by atoms with Crippen LogP contribution in [0, 0.1) is 0 Å². The number of thiophene rings is 1. The summed E-state index contributed by atoms with van der Waals surface area (Å²) >= 11 is 1.00. The average molecular weight is 353 g/mol. The number of halogens is 1. The van der Waals surface area contributed by atoms with Gasteiger partial charge in [-0.05, 0) is 18.6 Å². The maximum atomic E-state index is 11.6. The SMILES string of the molecule is CCCCCCCCOC(=O)Cc1ccc(S(=O)(=O)Cl)s1. The van der Waals surface area contributed by atoms with Crippen LogP contribution in [0.5, 0.6) is 0 Å². The fraction of sp³-hybridized carbons (Fsp3) is 0.643. The Bertz CT molecular complexity index is 537. The number of hydrogen-bond donors (Lipinski definition) is 0. The van der Waals surface area contributed by atoms with E-state index in [1.54, 1.807) is 6.07 Å². The van der Waals surface area contributed by atoms with Crippen LogP contribution in [0.4, 0.5) is 0 Å². The van der Waals surface area contributed by atoms with Crippen molar-refractivity contribution in [1.29, 1.82) is 0 Å². The molecule has 21 heavy (non-hydrogen) atoms. The zero-order valence-corrected chi connectivity index (χ0v) is 14.5. The van der Waals surface area contributed by atoms with Crippen LogP contribution in [0.15, 0.2) is 16.3 Å². The standard InChI is InChI=1S/C14H21ClO4S2/c1-2-3-4-5-6-7-10-19-13(16)11-12-8-9-14(20-12)21(15,17)18/h8-9H,2-7,10-11H2,1H3. The highest BCUT2D eigenvalue weighted by molar-refractivity contribution is 8.15. The highest BCUT2D eigenvalue weighted by Crippen LogP contribution is 2.25. The number of rotatable bonds is 10. The number of carbonyl (C=O) groups excluding carboxylic acids is 1. The first-order valence-corrected chi connectivity index (χ1v) is 10.2. The number of hydrogen-bond acceptors (Lipinski definition) is 5. The Kier molecular flexibility index (Phi) is 8.29. The van der Waals surface area contributed by atoms with Gasteiger partial charge in [-0.15, -0.1) is 11.3 Å². The van der Waals surface area contributed by atoms with Crippen LogP contribution in [0.1, 0.15) is 50.3 Å². The minimum Gasteiger partial charge on any atom is -0.465 e. The Morgan fingerprint density at radius 2 is 1.86 bits per heavy atom. The van der Waals surface area contributed by atoms with Gasteiger partial charge in [-0.25, -0.2) is 8.42 Å². The normalized spacial score (nSPS) is 11.5. The molecular weight excluding hydrogens is 332 g/mol. The molecule has 1 heterocycles. The summed E-state index contributed by atoms with van der Waals surface area (Å²) in [6.07, 6.45) is 6.91. The summed E-state index contributed by atoms with van der Waals surface area (Å²) in [5, 5.41) is 0. The Morgan fingerprint density at radius 3 is 2.48 bits per heavy atom. The van der Waals surface area contributed by atoms with Crippen LogP contribution in [-0.2, 0) is 25.0 Å². The lowest BCUT2D eigenvalue weighted by Gasteiger charge is -2.04. The van der Waals surface area contributed by atoms with Crippen molar-refractivity contribution in [2.24, 2.45) is 0 Å². The van der Waals surface area contributed by atoms with Gasteiger partial charge < -0.3 is 4.74 Å². The molecule has 0 spiro atoms. The van der Waals surface area contributed by atoms with Gasteiger partial charge in [0.05, 0.1) is 13.0 Å². The largest absolute Gasteiger partial charge is 0.465 e. The molecule has 7 heteroatoms. The van der Waals surface area contributed by atoms with Crippen LogP contribution < -0.4 is 0 Å². The van der Waals surface area contributed by atoms with Gasteiger partial charge in [-0.1, -0.05) is 39.0 Å². The van der Waals surface area contributed by atoms with Gasteiger partial charge >= 0.3 is 5.97 Å². The summed E-state index contributed by atoms with van der Waals surface area (Å²) in [5.74, 6) is -0.330. The zero-order chi connectivity index (χ0) is 15.7. The molecule has 1 aromatic heterocycles. The van der Waals surface area contributed by atoms with Gasteiger partial charge in [-0.3, -0.25) is 4.79 Å². The minimum absolute atomic E-state index is 0.0582. The second-order valence-corrected chi connectivity index (χ2v) is 8.78. The summed E-state index contributed by atoms with van der Waals surface area (Å²) in [5.41, 5.74) is 0. The van der Waals surface area contributed by atoms with E-state index in [0.29, 0.717) is 11.5 Å². The molecule has 120 valence electrons. The fourth-order valence-electron chi connectivity index (χ4n) is 1.85. The fourth-order valence-corrected chi connectivity index (χ4v) is 3.95. The summed E-state index contributed by atoms with van der Waals surface area (Å²) in [7, 11) is 1.52. The van der Waals surface area contributed by atoms with E-state index in [2.05, 4.69) is 6.92 Å². The van der Waals surface area contributed by atoms with Gasteiger partial charge in [-0.2, -0.15) is 0 Å². The van der Waals surface area contributed by atoms with E-state index in [-0.39, 0.29) is 16.6 Å². The molecule has 0 fully saturated rings. The van der Waals surface area contributed by atoms with E-state index in [1.807, 2.05) is 0 Å². The van der Waals surface area contributed by atoms with Gasteiger partial charge in [0.2, 0.25) is 0 Å². The first-order valence-electron chi connectivity index (χ1n) is 7.12. The van der Waals surface area contributed by atoms with Crippen LogP contribution in [-0.4, -0.2) is 21.0 Å². The third-order valence-electron chi connectivity index (χ3n) is 2.96. The molecule has 1 rings (SSSR count). The van der Waals surface area contributed by atoms with Gasteiger partial charge in [0.1, 0.15) is 4.21 Å². The molecule has 4 nitrogen and oxygen atoms in total. The molecule has 0 saturated carbocycles. The first-order chi connectivity index (χ1) is 9.93. The van der Waals surface area contributed by atoms with Crippen molar-refractivity contribution in [1.82, 2.24) is 0 Å². The van der Waals surface area contributed by atoms with Crippen LogP contribution in [0.3, 0.4) is 0 Å². The lowest BCUT2D eigenvalue weighted by atomic mass is 10.1. The van der Waals surface area contributed by atoms with Crippen LogP contribution >= 0.6 is 22.0 Å². The van der Waals surface area contributed by atoms with Crippen molar-refractivity contribution in [2.45, 2.75) is 56.1 Å². The van der Waals surface area contributed by atoms with Crippen LogP contribution in [0.2, 0.25) is 0 Å². The molecule has 0 bridgehead atoms. The molecule has 0 aliphatic carbocycles. The molecule has 0 unspecified atom stereocenters. The molecular formula is C14H21ClO4S2. The van der Waals surface area contributed by atoms with Crippen molar-refractivity contribution < 1.29 is 17.9 Å². The zero-order valence-electron chi connectivity index (χ0n) is 12.1. The third-order valence-corrected chi connectivity index (χ3v) is 6.13. The van der Waals surface area contributed by atoms with E-state index in [4.69, 9.17) is 15.4 Å². The molecule has 0 aliphatic rings. The molecule has 0 N–H and O–H groups in total. The third kappa shape index (κ3) is 7.83. The Labute approximate surface area is 134 Å². The lowest BCUT2D eigenvalue weighted by molar-refractivity contribution is -0.142. The number of unbranched alkanes of at least 4 members (excludes halogenated alkanes) is 5. The molecule has 0 aromatic carbocycles. The van der Waals surface area contributed by atoms with E-state index in [1.165, 1.54) is 31.7 Å². The summed E-state index contributed by atoms with van der Waals surface area (Å²) < 4.78 is 27.4. The minimum atomic E-state index is -3.71. The smallest absolute Gasteiger partial charge is 0.311 e. The molecule has 0 saturated heterocycles. The monoisotopic (exact) mass is 352 g/mol. The summed E-state index contributed by atoms with van der Waals surface area (Å²) in [6.45, 7) is 2.60. The van der Waals surface area contributed by atoms with E-state index >= 15 is 0 Å². The maximum absolute atomic E-state index is 11.6. The highest BCUT2D eigenvalue weighted by Gasteiger charge is 2.15. The Morgan fingerprint density at radius 1 is 1.19 bits per heavy atom. The van der Waals surface area contributed by atoms with Crippen LogP contribution in [0.25, 0.3) is 0 Å². The Balaban J connectivity index is 2.21. The summed E-state index contributed by atoms with van der Waals surface area (Å²) in [6, 6.07) is 3.00. The molecule has 0 atom stereocenters. The van der Waals surface area contributed by atoms with Crippen molar-refractivity contribution in [3.63, 3.8) is 0 Å². The molecule has 0 amide bonds. The highest BCUT2D eigenvalue weighted by atomic mass is 35.7. The van der Waals surface area contributed by atoms with E-state index in [9.17, 15) is 13.2 Å². The molecule has 0 radical (unpaired) electrons. The second kappa shape index (κ2) is 9.43. The quantitative estimate of drug-likeness (QED) is 0.361. The van der Waals surface area contributed by atoms with Crippen molar-refractivity contribution in [2.75, 3.05) is 6.61 Å². The van der Waals surface area contributed by atoms with Crippen molar-refractivity contribution in [3.8, 4) is 0 Å². The van der Waals surface area contributed by atoms with Gasteiger partial charge in [0, 0.05) is 15.6 Å². The number of ether oxygens (including phenoxy) is 1. The van der Waals surface area contributed by atoms with E-state index < -0.39 is 9.05 Å². The van der Waals surface area contributed by atoms with E-state index in [0.717, 1.165) is 24.2 Å². The Hall–Kier alpha value is -0.590. The average Bonchev–Trinajstić information content (AvgIpc) is 2.86. The van der Waals surface area contributed by atoms with Gasteiger partial charge in [0.25, 0.3) is 9.05 Å². The molecule has 1 aromatic rings. The number of esters is 1. The lowest BCUT2D eigenvalue weighted by Crippen LogP contribution is -2.08. The topological polar surface area (TPSA) is 60.4 Å². The number of carbonyl (C=O) groups is 1. The van der Waals surface area contributed by atoms with Crippen molar-refractivity contribution >= 4 is 37.0 Å². The maximum Gasteiger partial charge on any atom is 0.311 e. The predicted octanol–water partition coefficient (Wildman–Crippen LogP) is 4.12. The first kappa shape index (κ1) is 18.5. The van der Waals surface area contributed by atoms with Crippen molar-refractivity contribution in [3.05, 3.63) is 17.0 Å². The predicted molar refractivity (Wildman–Crippen MR) is 85.4 cm³/mol. The summed E-state index contributed by atoms with van der Waals surface area (Å²) in [4.78, 5) is 12.2. The van der Waals surface area contributed by atoms with Gasteiger partial charge in [0.15, 0.2) is 0 Å².